The maximum atomic E-state index is 11.6. The molecule has 7 rings (SSSR count). The number of aliphatic hydroxyl groups is 2. The quantitative estimate of drug-likeness (QED) is 0.773. The van der Waals surface area contributed by atoms with Crippen LogP contribution in [0.4, 0.5) is 0 Å². The van der Waals surface area contributed by atoms with Gasteiger partial charge in [-0.2, -0.15) is 0 Å². The van der Waals surface area contributed by atoms with Gasteiger partial charge in [0, 0.05) is 16.7 Å². The summed E-state index contributed by atoms with van der Waals surface area (Å²) in [5.74, 6) is 3.09. The van der Waals surface area contributed by atoms with Gasteiger partial charge in [0.2, 0.25) is 0 Å². The van der Waals surface area contributed by atoms with Gasteiger partial charge in [-0.15, -0.1) is 0 Å². The Morgan fingerprint density at radius 1 is 1.00 bits per heavy atom. The van der Waals surface area contributed by atoms with E-state index in [1.807, 2.05) is 18.2 Å². The lowest BCUT2D eigenvalue weighted by Gasteiger charge is -2.38. The first-order valence-corrected chi connectivity index (χ1v) is 8.67. The maximum Gasteiger partial charge on any atom is 0.0989 e. The van der Waals surface area contributed by atoms with E-state index >= 15 is 0 Å². The van der Waals surface area contributed by atoms with Crippen molar-refractivity contribution < 1.29 is 10.2 Å². The largest absolute Gasteiger partial charge is 0.388 e. The fraction of sp³-hybridized carbons (Fsp3) is 0.647. The maximum absolute atomic E-state index is 11.6. The van der Waals surface area contributed by atoms with Crippen LogP contribution in [0.25, 0.3) is 0 Å². The van der Waals surface area contributed by atoms with Crippen molar-refractivity contribution in [1.82, 2.24) is 0 Å². The van der Waals surface area contributed by atoms with Crippen molar-refractivity contribution >= 4 is 15.9 Å². The number of halogens is 1. The van der Waals surface area contributed by atoms with E-state index in [9.17, 15) is 10.2 Å². The lowest BCUT2D eigenvalue weighted by atomic mass is 9.69. The zero-order valence-electron chi connectivity index (χ0n) is 11.0. The van der Waals surface area contributed by atoms with Crippen molar-refractivity contribution in [3.63, 3.8) is 0 Å². The highest BCUT2D eigenvalue weighted by Gasteiger charge is 2.92. The number of benzene rings is 1. The van der Waals surface area contributed by atoms with Crippen LogP contribution in [0.5, 0.6) is 0 Å². The van der Waals surface area contributed by atoms with Gasteiger partial charge in [-0.25, -0.2) is 0 Å². The molecule has 0 saturated heterocycles. The van der Waals surface area contributed by atoms with Crippen LogP contribution in [0.15, 0.2) is 30.3 Å². The normalized spacial score (nSPS) is 67.0. The molecule has 6 bridgehead atoms. The predicted molar refractivity (Wildman–Crippen MR) is 77.1 cm³/mol. The molecule has 6 fully saturated rings. The molecule has 10 atom stereocenters. The van der Waals surface area contributed by atoms with E-state index in [1.165, 1.54) is 6.42 Å². The minimum absolute atomic E-state index is 0.0468. The van der Waals surface area contributed by atoms with Gasteiger partial charge >= 0.3 is 0 Å². The summed E-state index contributed by atoms with van der Waals surface area (Å²) in [6, 6.07) is 10.1. The summed E-state index contributed by atoms with van der Waals surface area (Å²) in [5, 5.41) is 23.0. The molecule has 20 heavy (non-hydrogen) atoms. The van der Waals surface area contributed by atoms with Crippen molar-refractivity contribution in [2.45, 2.75) is 22.5 Å². The van der Waals surface area contributed by atoms with Gasteiger partial charge in [0.15, 0.2) is 0 Å². The van der Waals surface area contributed by atoms with Crippen LogP contribution in [0, 0.1) is 41.4 Å². The van der Waals surface area contributed by atoms with Crippen LogP contribution < -0.4 is 0 Å². The fourth-order valence-electron chi connectivity index (χ4n) is 7.73. The zero-order valence-corrected chi connectivity index (χ0v) is 12.6. The molecule has 2 N–H and O–H groups in total. The molecular weight excluding hydrogens is 316 g/mol. The van der Waals surface area contributed by atoms with Crippen molar-refractivity contribution in [2.75, 3.05) is 0 Å². The Hall–Kier alpha value is -0.380. The Kier molecular flexibility index (Phi) is 1.63. The predicted octanol–water partition coefficient (Wildman–Crippen LogP) is 2.14. The summed E-state index contributed by atoms with van der Waals surface area (Å²) in [7, 11) is 0. The third kappa shape index (κ3) is 0.768. The highest BCUT2D eigenvalue weighted by atomic mass is 79.9. The second-order valence-corrected chi connectivity index (χ2v) is 8.71. The van der Waals surface area contributed by atoms with Gasteiger partial charge in [-0.1, -0.05) is 46.3 Å². The molecule has 0 aromatic heterocycles. The minimum atomic E-state index is -0.790. The smallest absolute Gasteiger partial charge is 0.0989 e. The standard InChI is InChI=1S/C17H17BrO2/c18-15-11-9-6-8-10(11)14-16(19,7-4-2-1-3-5-7)12(8)13(9)17(14,15)20/h1-5,8-15,19-20H,6H2/t8-,9+,10-,11+,12+,13-,14+,15+,16-,17+/m0/s1. The summed E-state index contributed by atoms with van der Waals surface area (Å²) in [6.07, 6.45) is 1.24. The number of alkyl halides is 1. The van der Waals surface area contributed by atoms with Crippen molar-refractivity contribution in [1.29, 1.82) is 0 Å². The average Bonchev–Trinajstić information content (AvgIpc) is 3.16. The topological polar surface area (TPSA) is 40.5 Å². The molecule has 104 valence electrons. The molecular formula is C17H17BrO2. The van der Waals surface area contributed by atoms with Crippen LogP contribution in [0.3, 0.4) is 0 Å². The first-order chi connectivity index (χ1) is 9.61. The SMILES string of the molecule is O[C@@]1(c2ccccc2)[C@@H]2[C@H]3C[C@@H]4[C@@H]5[C@H]3[C@H]1[C@](O)([C@@H]42)[C@@H]5Br. The third-order valence-electron chi connectivity index (χ3n) is 7.70. The van der Waals surface area contributed by atoms with Crippen LogP contribution in [-0.4, -0.2) is 20.6 Å². The second-order valence-electron chi connectivity index (χ2n) is 7.73. The van der Waals surface area contributed by atoms with Crippen molar-refractivity contribution in [3.8, 4) is 0 Å². The van der Waals surface area contributed by atoms with E-state index in [-0.39, 0.29) is 16.7 Å². The van der Waals surface area contributed by atoms with Crippen LogP contribution in [-0.2, 0) is 5.60 Å². The Morgan fingerprint density at radius 3 is 2.40 bits per heavy atom. The van der Waals surface area contributed by atoms with Crippen LogP contribution >= 0.6 is 15.9 Å². The summed E-state index contributed by atoms with van der Waals surface area (Å²) >= 11 is 3.81. The molecule has 0 radical (unpaired) electrons. The molecule has 0 amide bonds. The lowest BCUT2D eigenvalue weighted by Crippen LogP contribution is -2.47. The molecule has 6 aliphatic rings. The summed E-state index contributed by atoms with van der Waals surface area (Å²) in [6.45, 7) is 0. The Bertz CT molecular complexity index is 631. The molecule has 2 nitrogen and oxygen atoms in total. The Balaban J connectivity index is 1.65. The average molecular weight is 333 g/mol. The van der Waals surface area contributed by atoms with Crippen molar-refractivity contribution in [3.05, 3.63) is 35.9 Å². The molecule has 0 heterocycles. The molecule has 1 aromatic rings. The van der Waals surface area contributed by atoms with Crippen LogP contribution in [0.2, 0.25) is 0 Å². The number of hydrogen-bond donors (Lipinski definition) is 2. The Morgan fingerprint density at radius 2 is 1.70 bits per heavy atom. The van der Waals surface area contributed by atoms with Gasteiger partial charge in [-0.3, -0.25) is 0 Å². The third-order valence-corrected chi connectivity index (χ3v) is 9.05. The first-order valence-electron chi connectivity index (χ1n) is 7.75. The van der Waals surface area contributed by atoms with E-state index in [0.717, 1.165) is 5.56 Å². The van der Waals surface area contributed by atoms with E-state index in [2.05, 4.69) is 28.1 Å². The first kappa shape index (κ1) is 11.2. The second kappa shape index (κ2) is 2.90. The van der Waals surface area contributed by atoms with Crippen LogP contribution in [0.1, 0.15) is 12.0 Å². The van der Waals surface area contributed by atoms with Gasteiger partial charge in [-0.05, 0) is 41.6 Å². The highest BCUT2D eigenvalue weighted by molar-refractivity contribution is 9.09. The molecule has 0 spiro atoms. The van der Waals surface area contributed by atoms with Gasteiger partial charge in [0.05, 0.1) is 11.2 Å². The molecule has 6 saturated carbocycles. The Labute approximate surface area is 126 Å². The van der Waals surface area contributed by atoms with E-state index in [1.54, 1.807) is 0 Å². The molecule has 6 aliphatic carbocycles. The monoisotopic (exact) mass is 332 g/mol. The van der Waals surface area contributed by atoms with E-state index < -0.39 is 11.2 Å². The van der Waals surface area contributed by atoms with E-state index in [0.29, 0.717) is 29.6 Å². The van der Waals surface area contributed by atoms with Gasteiger partial charge < -0.3 is 10.2 Å². The lowest BCUT2D eigenvalue weighted by molar-refractivity contribution is -0.0777. The molecule has 3 heteroatoms. The van der Waals surface area contributed by atoms with Gasteiger partial charge in [0.1, 0.15) is 0 Å². The molecule has 0 aliphatic heterocycles. The molecule has 1 aromatic carbocycles. The van der Waals surface area contributed by atoms with Gasteiger partial charge in [0.25, 0.3) is 0 Å². The summed E-state index contributed by atoms with van der Waals surface area (Å²) in [4.78, 5) is 0.202. The van der Waals surface area contributed by atoms with Crippen molar-refractivity contribution in [2.24, 2.45) is 41.4 Å². The summed E-state index contributed by atoms with van der Waals surface area (Å²) < 4.78 is 0. The molecule has 0 unspecified atom stereocenters. The van der Waals surface area contributed by atoms with E-state index in [4.69, 9.17) is 0 Å². The summed E-state index contributed by atoms with van der Waals surface area (Å²) in [5.41, 5.74) is -0.420. The zero-order chi connectivity index (χ0) is 13.4. The minimum Gasteiger partial charge on any atom is -0.388 e. The fourth-order valence-corrected chi connectivity index (χ4v) is 9.06. The number of hydrogen-bond acceptors (Lipinski definition) is 2. The highest BCUT2D eigenvalue weighted by Crippen LogP contribution is 2.88. The number of rotatable bonds is 1.